The number of para-hydroxylation sites is 2. The second-order valence-electron chi connectivity index (χ2n) is 5.80. The summed E-state index contributed by atoms with van der Waals surface area (Å²) >= 11 is 0. The third kappa shape index (κ3) is 2.94. The smallest absolute Gasteiger partial charge is 0.229 e. The summed E-state index contributed by atoms with van der Waals surface area (Å²) in [5, 5.41) is 7.28. The van der Waals surface area contributed by atoms with Crippen LogP contribution in [-0.4, -0.2) is 45.1 Å². The van der Waals surface area contributed by atoms with Crippen LogP contribution in [0.1, 0.15) is 18.1 Å². The molecule has 1 aliphatic rings. The standard InChI is InChI=1S/C16H19N5O2/c1-10-17-11(2)21(19-10)14-7-5-4-6-13(14)18-16(23)12-8-15(22)20(3)9-12/h4-7,12H,8-9H2,1-3H3,(H,18,23). The Hall–Kier alpha value is -2.70. The van der Waals surface area contributed by atoms with Gasteiger partial charge in [0.2, 0.25) is 11.8 Å². The zero-order chi connectivity index (χ0) is 16.6. The number of likely N-dealkylation sites (tertiary alicyclic amines) is 1. The molecule has 0 radical (unpaired) electrons. The fraction of sp³-hybridized carbons (Fsp3) is 0.375. The van der Waals surface area contributed by atoms with Crippen LogP contribution in [0, 0.1) is 19.8 Å². The number of nitrogens with one attached hydrogen (secondary N) is 1. The van der Waals surface area contributed by atoms with Crippen LogP contribution in [0.5, 0.6) is 0 Å². The average molecular weight is 313 g/mol. The van der Waals surface area contributed by atoms with Gasteiger partial charge in [0.1, 0.15) is 11.6 Å². The van der Waals surface area contributed by atoms with E-state index in [0.717, 1.165) is 11.5 Å². The Balaban J connectivity index is 1.85. The molecule has 1 aromatic heterocycles. The second kappa shape index (κ2) is 5.83. The number of amides is 2. The van der Waals surface area contributed by atoms with Crippen LogP contribution in [0.25, 0.3) is 5.69 Å². The van der Waals surface area contributed by atoms with Crippen molar-refractivity contribution in [3.63, 3.8) is 0 Å². The van der Waals surface area contributed by atoms with Gasteiger partial charge in [-0.2, -0.15) is 5.10 Å². The average Bonchev–Trinajstić information content (AvgIpc) is 3.02. The molecule has 3 rings (SSSR count). The number of rotatable bonds is 3. The highest BCUT2D eigenvalue weighted by Gasteiger charge is 2.32. The van der Waals surface area contributed by atoms with E-state index < -0.39 is 0 Å². The van der Waals surface area contributed by atoms with Gasteiger partial charge < -0.3 is 10.2 Å². The number of anilines is 1. The Morgan fingerprint density at radius 2 is 2.04 bits per heavy atom. The van der Waals surface area contributed by atoms with Crippen LogP contribution < -0.4 is 5.32 Å². The van der Waals surface area contributed by atoms with Gasteiger partial charge in [0.05, 0.1) is 17.3 Å². The summed E-state index contributed by atoms with van der Waals surface area (Å²) < 4.78 is 1.71. The van der Waals surface area contributed by atoms with Crippen LogP contribution >= 0.6 is 0 Å². The molecule has 7 nitrogen and oxygen atoms in total. The number of benzene rings is 1. The lowest BCUT2D eigenvalue weighted by Crippen LogP contribution is -2.26. The number of nitrogens with zero attached hydrogens (tertiary/aromatic N) is 4. The highest BCUT2D eigenvalue weighted by molar-refractivity contribution is 5.98. The highest BCUT2D eigenvalue weighted by Crippen LogP contribution is 2.23. The lowest BCUT2D eigenvalue weighted by Gasteiger charge is -2.14. The Morgan fingerprint density at radius 3 is 2.65 bits per heavy atom. The van der Waals surface area contributed by atoms with Crippen molar-refractivity contribution >= 4 is 17.5 Å². The predicted molar refractivity (Wildman–Crippen MR) is 85.2 cm³/mol. The quantitative estimate of drug-likeness (QED) is 0.926. The summed E-state index contributed by atoms with van der Waals surface area (Å²) in [6.45, 7) is 4.14. The molecule has 0 spiro atoms. The van der Waals surface area contributed by atoms with Crippen molar-refractivity contribution < 1.29 is 9.59 Å². The van der Waals surface area contributed by atoms with Gasteiger partial charge in [0.15, 0.2) is 0 Å². The number of aryl methyl sites for hydroxylation is 2. The Bertz CT molecular complexity index is 768. The van der Waals surface area contributed by atoms with E-state index in [2.05, 4.69) is 15.4 Å². The fourth-order valence-corrected chi connectivity index (χ4v) is 2.79. The van der Waals surface area contributed by atoms with Gasteiger partial charge in [0, 0.05) is 20.0 Å². The predicted octanol–water partition coefficient (Wildman–Crippen LogP) is 1.30. The first-order chi connectivity index (χ1) is 11.0. The van der Waals surface area contributed by atoms with Crippen LogP contribution in [-0.2, 0) is 9.59 Å². The Kier molecular flexibility index (Phi) is 3.85. The van der Waals surface area contributed by atoms with Gasteiger partial charge in [-0.15, -0.1) is 0 Å². The minimum atomic E-state index is -0.320. The molecular formula is C16H19N5O2. The number of carbonyl (C=O) groups is 2. The van der Waals surface area contributed by atoms with Gasteiger partial charge in [-0.3, -0.25) is 9.59 Å². The zero-order valence-electron chi connectivity index (χ0n) is 13.4. The van der Waals surface area contributed by atoms with Crippen LogP contribution in [0.2, 0.25) is 0 Å². The number of hydrogen-bond acceptors (Lipinski definition) is 4. The van der Waals surface area contributed by atoms with Crippen molar-refractivity contribution in [2.75, 3.05) is 18.9 Å². The molecular weight excluding hydrogens is 294 g/mol. The van der Waals surface area contributed by atoms with E-state index in [-0.39, 0.29) is 24.2 Å². The maximum absolute atomic E-state index is 12.4. The molecule has 23 heavy (non-hydrogen) atoms. The van der Waals surface area contributed by atoms with E-state index in [4.69, 9.17) is 0 Å². The third-order valence-electron chi connectivity index (χ3n) is 3.98. The van der Waals surface area contributed by atoms with E-state index in [1.165, 1.54) is 0 Å². The minimum absolute atomic E-state index is 0.00109. The monoisotopic (exact) mass is 313 g/mol. The highest BCUT2D eigenvalue weighted by atomic mass is 16.2. The first kappa shape index (κ1) is 15.2. The molecule has 2 aromatic rings. The van der Waals surface area contributed by atoms with Crippen molar-refractivity contribution in [3.8, 4) is 5.69 Å². The van der Waals surface area contributed by atoms with E-state index >= 15 is 0 Å². The molecule has 7 heteroatoms. The molecule has 1 N–H and O–H groups in total. The molecule has 0 aliphatic carbocycles. The summed E-state index contributed by atoms with van der Waals surface area (Å²) in [5.41, 5.74) is 1.42. The molecule has 2 amide bonds. The zero-order valence-corrected chi connectivity index (χ0v) is 13.4. The van der Waals surface area contributed by atoms with Gasteiger partial charge in [-0.1, -0.05) is 12.1 Å². The molecule has 2 heterocycles. The molecule has 0 saturated carbocycles. The normalized spacial score (nSPS) is 17.6. The van der Waals surface area contributed by atoms with E-state index in [1.807, 2.05) is 38.1 Å². The molecule has 1 saturated heterocycles. The first-order valence-corrected chi connectivity index (χ1v) is 7.50. The fourth-order valence-electron chi connectivity index (χ4n) is 2.79. The van der Waals surface area contributed by atoms with E-state index in [0.29, 0.717) is 18.1 Å². The largest absolute Gasteiger partial charge is 0.345 e. The molecule has 1 atom stereocenters. The maximum atomic E-state index is 12.4. The van der Waals surface area contributed by atoms with E-state index in [9.17, 15) is 9.59 Å². The Labute approximate surface area is 134 Å². The summed E-state index contributed by atoms with van der Waals surface area (Å²) in [5.74, 6) is 0.955. The lowest BCUT2D eigenvalue weighted by molar-refractivity contribution is -0.127. The topological polar surface area (TPSA) is 80.1 Å². The summed E-state index contributed by atoms with van der Waals surface area (Å²) in [6, 6.07) is 7.44. The van der Waals surface area contributed by atoms with Crippen LogP contribution in [0.4, 0.5) is 5.69 Å². The summed E-state index contributed by atoms with van der Waals surface area (Å²) in [6.07, 6.45) is 0.256. The van der Waals surface area contributed by atoms with Crippen LogP contribution in [0.3, 0.4) is 0 Å². The Morgan fingerprint density at radius 1 is 1.30 bits per heavy atom. The summed E-state index contributed by atoms with van der Waals surface area (Å²) in [7, 11) is 1.71. The minimum Gasteiger partial charge on any atom is -0.345 e. The van der Waals surface area contributed by atoms with Gasteiger partial charge in [0.25, 0.3) is 0 Å². The van der Waals surface area contributed by atoms with Crippen molar-refractivity contribution in [1.29, 1.82) is 0 Å². The lowest BCUT2D eigenvalue weighted by atomic mass is 10.1. The van der Waals surface area contributed by atoms with Crippen LogP contribution in [0.15, 0.2) is 24.3 Å². The number of carbonyl (C=O) groups excluding carboxylic acids is 2. The van der Waals surface area contributed by atoms with E-state index in [1.54, 1.807) is 16.6 Å². The van der Waals surface area contributed by atoms with Gasteiger partial charge in [-0.05, 0) is 26.0 Å². The van der Waals surface area contributed by atoms with Gasteiger partial charge in [-0.25, -0.2) is 9.67 Å². The number of hydrogen-bond donors (Lipinski definition) is 1. The second-order valence-corrected chi connectivity index (χ2v) is 5.80. The third-order valence-corrected chi connectivity index (χ3v) is 3.98. The first-order valence-electron chi connectivity index (χ1n) is 7.50. The maximum Gasteiger partial charge on any atom is 0.229 e. The van der Waals surface area contributed by atoms with Crippen molar-refractivity contribution in [2.45, 2.75) is 20.3 Å². The molecule has 0 bridgehead atoms. The van der Waals surface area contributed by atoms with Gasteiger partial charge >= 0.3 is 0 Å². The molecule has 1 fully saturated rings. The van der Waals surface area contributed by atoms with Crippen molar-refractivity contribution in [2.24, 2.45) is 5.92 Å². The SMILES string of the molecule is Cc1nc(C)n(-c2ccccc2NC(=O)C2CC(=O)N(C)C2)n1. The molecule has 1 unspecified atom stereocenters. The van der Waals surface area contributed by atoms with Crippen molar-refractivity contribution in [3.05, 3.63) is 35.9 Å². The summed E-state index contributed by atoms with van der Waals surface area (Å²) in [4.78, 5) is 29.9. The molecule has 1 aliphatic heterocycles. The number of aromatic nitrogens is 3. The molecule has 120 valence electrons. The van der Waals surface area contributed by atoms with Crippen molar-refractivity contribution in [1.82, 2.24) is 19.7 Å². The molecule has 1 aromatic carbocycles.